The fourth-order valence-electron chi connectivity index (χ4n) is 4.41. The van der Waals surface area contributed by atoms with Gasteiger partial charge in [-0.25, -0.2) is 9.80 Å². The third-order valence-corrected chi connectivity index (χ3v) is 6.91. The Morgan fingerprint density at radius 3 is 2.71 bits per heavy atom. The van der Waals surface area contributed by atoms with Crippen LogP contribution in [0.15, 0.2) is 58.9 Å². The maximum absolute atomic E-state index is 13.4. The van der Waals surface area contributed by atoms with Gasteiger partial charge in [0.15, 0.2) is 0 Å². The summed E-state index contributed by atoms with van der Waals surface area (Å²) in [6.45, 7) is 10.2. The van der Waals surface area contributed by atoms with Gasteiger partial charge in [0, 0.05) is 32.8 Å². The molecule has 0 spiro atoms. The molecule has 0 radical (unpaired) electrons. The molecule has 224 valence electrons. The van der Waals surface area contributed by atoms with E-state index in [0.717, 1.165) is 30.7 Å². The van der Waals surface area contributed by atoms with E-state index in [4.69, 9.17) is 30.5 Å². The first-order valence-corrected chi connectivity index (χ1v) is 14.5. The average molecular weight is 589 g/mol. The molecule has 1 unspecified atom stereocenters. The summed E-state index contributed by atoms with van der Waals surface area (Å²) in [7, 11) is 1.62. The first-order chi connectivity index (χ1) is 19.9. The predicted molar refractivity (Wildman–Crippen MR) is 160 cm³/mol. The largest absolute Gasteiger partial charge is 0.498 e. The van der Waals surface area contributed by atoms with Crippen molar-refractivity contribution in [3.8, 4) is 5.75 Å². The van der Waals surface area contributed by atoms with Crippen molar-refractivity contribution < 1.29 is 28.5 Å². The van der Waals surface area contributed by atoms with Crippen LogP contribution in [0.3, 0.4) is 0 Å². The number of likely N-dealkylation sites (N-methyl/N-ethyl adjacent to an activating group) is 1. The molecular weight excluding hydrogens is 548 g/mol. The van der Waals surface area contributed by atoms with Gasteiger partial charge < -0.3 is 24.3 Å². The van der Waals surface area contributed by atoms with Crippen LogP contribution in [0, 0.1) is 0 Å². The SMILES string of the molecule is CCOC(=O)NCCN(CC)CCOc1ccc(C(=O)N2CCCC(C3=CC=C(OC)C(OCC)C=C3)=N2)c(Cl)c1. The van der Waals surface area contributed by atoms with Gasteiger partial charge in [-0.2, -0.15) is 5.10 Å². The number of allylic oxidation sites excluding steroid dienone is 4. The quantitative estimate of drug-likeness (QED) is 0.333. The smallest absolute Gasteiger partial charge is 0.407 e. The van der Waals surface area contributed by atoms with Crippen molar-refractivity contribution in [1.29, 1.82) is 0 Å². The molecule has 1 aromatic rings. The zero-order valence-corrected chi connectivity index (χ0v) is 25.1. The van der Waals surface area contributed by atoms with Crippen molar-refractivity contribution in [2.75, 3.05) is 59.7 Å². The molecule has 2 aliphatic rings. The molecule has 1 atom stereocenters. The van der Waals surface area contributed by atoms with E-state index >= 15 is 0 Å². The Hall–Kier alpha value is -3.34. The molecule has 0 aromatic heterocycles. The number of hydrogen-bond donors (Lipinski definition) is 1. The molecule has 0 saturated heterocycles. The normalized spacial score (nSPS) is 16.9. The van der Waals surface area contributed by atoms with Gasteiger partial charge in [-0.05, 0) is 75.2 Å². The lowest BCUT2D eigenvalue weighted by molar-refractivity contribution is 0.0751. The van der Waals surface area contributed by atoms with E-state index < -0.39 is 6.09 Å². The monoisotopic (exact) mass is 588 g/mol. The summed E-state index contributed by atoms with van der Waals surface area (Å²) >= 11 is 6.52. The molecule has 41 heavy (non-hydrogen) atoms. The van der Waals surface area contributed by atoms with Gasteiger partial charge in [0.25, 0.3) is 5.91 Å². The van der Waals surface area contributed by atoms with Gasteiger partial charge in [-0.15, -0.1) is 0 Å². The number of hydrazone groups is 1. The molecule has 0 fully saturated rings. The summed E-state index contributed by atoms with van der Waals surface area (Å²) in [5.41, 5.74) is 2.10. The molecule has 2 amide bonds. The molecule has 0 bridgehead atoms. The first kappa shape index (κ1) is 32.2. The highest BCUT2D eigenvalue weighted by atomic mass is 35.5. The van der Waals surface area contributed by atoms with Crippen LogP contribution >= 0.6 is 11.6 Å². The second-order valence-electron chi connectivity index (χ2n) is 9.28. The van der Waals surface area contributed by atoms with E-state index in [2.05, 4.69) is 15.3 Å². The number of amides is 2. The lowest BCUT2D eigenvalue weighted by Gasteiger charge is -2.24. The highest BCUT2D eigenvalue weighted by Crippen LogP contribution is 2.26. The van der Waals surface area contributed by atoms with Crippen molar-refractivity contribution in [3.05, 3.63) is 64.4 Å². The van der Waals surface area contributed by atoms with E-state index in [9.17, 15) is 9.59 Å². The van der Waals surface area contributed by atoms with E-state index in [1.807, 2.05) is 38.2 Å². The number of hydrogen-bond acceptors (Lipinski definition) is 8. The minimum absolute atomic E-state index is 0.261. The Kier molecular flexibility index (Phi) is 13.2. The van der Waals surface area contributed by atoms with Crippen LogP contribution in [0.4, 0.5) is 4.79 Å². The molecule has 1 aliphatic carbocycles. The predicted octanol–water partition coefficient (Wildman–Crippen LogP) is 4.81. The number of nitrogens with one attached hydrogen (secondary N) is 1. The van der Waals surface area contributed by atoms with Gasteiger partial charge in [0.05, 0.1) is 30.0 Å². The molecule has 3 rings (SSSR count). The molecule has 11 heteroatoms. The Bertz CT molecular complexity index is 1170. The average Bonchev–Trinajstić information content (AvgIpc) is 3.18. The number of ether oxygens (including phenoxy) is 4. The summed E-state index contributed by atoms with van der Waals surface area (Å²) in [4.78, 5) is 26.9. The van der Waals surface area contributed by atoms with E-state index in [0.29, 0.717) is 68.1 Å². The van der Waals surface area contributed by atoms with Crippen molar-refractivity contribution in [3.63, 3.8) is 0 Å². The van der Waals surface area contributed by atoms with Crippen LogP contribution in [-0.2, 0) is 14.2 Å². The number of nitrogens with zero attached hydrogens (tertiary/aromatic N) is 3. The maximum atomic E-state index is 13.4. The zero-order chi connectivity index (χ0) is 29.6. The van der Waals surface area contributed by atoms with Crippen molar-refractivity contribution >= 4 is 29.3 Å². The molecule has 1 aromatic carbocycles. The highest BCUT2D eigenvalue weighted by molar-refractivity contribution is 6.34. The van der Waals surface area contributed by atoms with Gasteiger partial charge in [-0.1, -0.05) is 24.6 Å². The van der Waals surface area contributed by atoms with Crippen molar-refractivity contribution in [1.82, 2.24) is 15.2 Å². The zero-order valence-electron chi connectivity index (χ0n) is 24.4. The van der Waals surface area contributed by atoms with Crippen LogP contribution in [0.5, 0.6) is 5.75 Å². The van der Waals surface area contributed by atoms with E-state index in [1.54, 1.807) is 32.2 Å². The first-order valence-electron chi connectivity index (χ1n) is 14.1. The van der Waals surface area contributed by atoms with Gasteiger partial charge >= 0.3 is 6.09 Å². The van der Waals surface area contributed by atoms with Gasteiger partial charge in [0.1, 0.15) is 24.2 Å². The van der Waals surface area contributed by atoms with Gasteiger partial charge in [-0.3, -0.25) is 9.69 Å². The summed E-state index contributed by atoms with van der Waals surface area (Å²) in [5.74, 6) is 1.03. The van der Waals surface area contributed by atoms with Crippen LogP contribution in [-0.4, -0.2) is 93.4 Å². The molecule has 1 N–H and O–H groups in total. The van der Waals surface area contributed by atoms with E-state index in [1.165, 1.54) is 5.01 Å². The van der Waals surface area contributed by atoms with Crippen LogP contribution < -0.4 is 10.1 Å². The number of carbonyl (C=O) groups excluding carboxylic acids is 2. The molecule has 1 heterocycles. The number of benzene rings is 1. The minimum atomic E-state index is -0.414. The lowest BCUT2D eigenvalue weighted by Crippen LogP contribution is -2.37. The molecule has 0 saturated carbocycles. The topological polar surface area (TPSA) is 102 Å². The summed E-state index contributed by atoms with van der Waals surface area (Å²) in [6.07, 6.45) is 8.59. The van der Waals surface area contributed by atoms with Crippen LogP contribution in [0.25, 0.3) is 0 Å². The second-order valence-corrected chi connectivity index (χ2v) is 9.69. The Labute approximate surface area is 247 Å². The number of carbonyl (C=O) groups is 2. The van der Waals surface area contributed by atoms with Crippen LogP contribution in [0.1, 0.15) is 44.0 Å². The van der Waals surface area contributed by atoms with Crippen molar-refractivity contribution in [2.24, 2.45) is 5.10 Å². The molecule has 10 nitrogen and oxygen atoms in total. The highest BCUT2D eigenvalue weighted by Gasteiger charge is 2.24. The summed E-state index contributed by atoms with van der Waals surface area (Å²) in [6, 6.07) is 5.08. The second kappa shape index (κ2) is 16.8. The molecular formula is C30H41ClN4O6. The summed E-state index contributed by atoms with van der Waals surface area (Å²) in [5, 5.41) is 9.17. The number of alkyl carbamates (subject to hydrolysis) is 1. The maximum Gasteiger partial charge on any atom is 0.407 e. The summed E-state index contributed by atoms with van der Waals surface area (Å²) < 4.78 is 22.0. The third kappa shape index (κ3) is 9.62. The van der Waals surface area contributed by atoms with Crippen LogP contribution in [0.2, 0.25) is 5.02 Å². The third-order valence-electron chi connectivity index (χ3n) is 6.60. The fraction of sp³-hybridized carbons (Fsp3) is 0.500. The van der Waals surface area contributed by atoms with Gasteiger partial charge in [0.2, 0.25) is 0 Å². The van der Waals surface area contributed by atoms with E-state index in [-0.39, 0.29) is 12.0 Å². The van der Waals surface area contributed by atoms with Crippen molar-refractivity contribution in [2.45, 2.75) is 39.7 Å². The Morgan fingerprint density at radius 1 is 1.17 bits per heavy atom. The Balaban J connectivity index is 1.59. The number of methoxy groups -OCH3 is 1. The number of halogens is 1. The lowest BCUT2D eigenvalue weighted by atomic mass is 10.0. The standard InChI is InChI=1S/C30H41ClN4O6/c1-5-34(18-16-32-30(37)40-7-3)19-20-41-23-12-13-24(25(31)21-23)29(36)35-17-8-9-26(33-35)22-10-14-27(38-4)28(15-11-22)39-6-2/h10-15,21,28H,5-9,16-20H2,1-4H3,(H,32,37). The minimum Gasteiger partial charge on any atom is -0.498 e. The molecule has 1 aliphatic heterocycles. The fourth-order valence-corrected chi connectivity index (χ4v) is 4.66. The Morgan fingerprint density at radius 2 is 2.00 bits per heavy atom. The number of rotatable bonds is 14.